The van der Waals surface area contributed by atoms with Crippen LogP contribution in [0.2, 0.25) is 0 Å². The molecule has 0 aromatic carbocycles. The van der Waals surface area contributed by atoms with Crippen molar-refractivity contribution in [1.29, 1.82) is 0 Å². The van der Waals surface area contributed by atoms with Crippen LogP contribution in [0.3, 0.4) is 0 Å². The van der Waals surface area contributed by atoms with Gasteiger partial charge >= 0.3 is 0 Å². The number of nitrogens with one attached hydrogen (secondary N) is 1. The van der Waals surface area contributed by atoms with E-state index in [-0.39, 0.29) is 10.9 Å². The molecule has 1 saturated heterocycles. The maximum atomic E-state index is 13.2. The number of piperazine rings is 1. The van der Waals surface area contributed by atoms with Gasteiger partial charge in [-0.05, 0) is 19.5 Å². The van der Waals surface area contributed by atoms with Gasteiger partial charge in [-0.2, -0.15) is 4.31 Å². The second-order valence-electron chi connectivity index (χ2n) is 6.34. The molecule has 0 amide bonds. The van der Waals surface area contributed by atoms with Gasteiger partial charge < -0.3 is 9.51 Å². The number of aryl methyl sites for hydroxylation is 1. The summed E-state index contributed by atoms with van der Waals surface area (Å²) in [5.74, 6) is 0.758. The molecule has 138 valence electrons. The van der Waals surface area contributed by atoms with Crippen molar-refractivity contribution in [2.24, 2.45) is 0 Å². The molecule has 1 aliphatic rings. The highest BCUT2D eigenvalue weighted by atomic mass is 32.2. The maximum Gasteiger partial charge on any atom is 0.258 e. The monoisotopic (exact) mass is 376 g/mol. The van der Waals surface area contributed by atoms with Crippen molar-refractivity contribution < 1.29 is 12.9 Å². The molecule has 0 unspecified atom stereocenters. The molecule has 3 aromatic rings. The number of fused-ring (bicyclic) bond motifs is 1. The topological polar surface area (TPSA) is 108 Å². The zero-order valence-electron chi connectivity index (χ0n) is 14.6. The first-order chi connectivity index (χ1) is 12.5. The van der Waals surface area contributed by atoms with E-state index in [1.165, 1.54) is 10.5 Å². The lowest BCUT2D eigenvalue weighted by molar-refractivity contribution is 0.142. The van der Waals surface area contributed by atoms with E-state index in [2.05, 4.69) is 25.0 Å². The van der Waals surface area contributed by atoms with Crippen LogP contribution in [-0.4, -0.2) is 64.4 Å². The van der Waals surface area contributed by atoms with Crippen LogP contribution in [0.5, 0.6) is 0 Å². The Kier molecular flexibility index (Phi) is 4.25. The van der Waals surface area contributed by atoms with E-state index in [1.807, 2.05) is 14.0 Å². The van der Waals surface area contributed by atoms with Crippen molar-refractivity contribution in [3.05, 3.63) is 36.2 Å². The standard InChI is InChI=1S/C16H20N6O3S/c1-3-13-12-8-11(9-19-16(12)25-20-13)26(23,24)22-7-6-21(2)14(10-22)15-17-4-5-18-15/h4-5,8-9,14H,3,6-7,10H2,1-2H3,(H,17,18)/t14-/m1/s1. The SMILES string of the molecule is CCc1noc2ncc(S(=O)(=O)N3CCN(C)[C@@H](c4ncc[nH]4)C3)cc12. The Bertz CT molecular complexity index is 1010. The molecular weight excluding hydrogens is 356 g/mol. The fraction of sp³-hybridized carbons (Fsp3) is 0.438. The van der Waals surface area contributed by atoms with E-state index < -0.39 is 10.0 Å². The Labute approximate surface area is 151 Å². The molecule has 0 radical (unpaired) electrons. The number of hydrogen-bond acceptors (Lipinski definition) is 7. The number of pyridine rings is 1. The second kappa shape index (κ2) is 6.45. The van der Waals surface area contributed by atoms with E-state index in [9.17, 15) is 8.42 Å². The molecule has 4 heterocycles. The molecule has 10 heteroatoms. The van der Waals surface area contributed by atoms with Gasteiger partial charge in [0.25, 0.3) is 5.71 Å². The summed E-state index contributed by atoms with van der Waals surface area (Å²) in [5.41, 5.74) is 1.06. The highest BCUT2D eigenvalue weighted by molar-refractivity contribution is 7.89. The second-order valence-corrected chi connectivity index (χ2v) is 8.28. The van der Waals surface area contributed by atoms with Gasteiger partial charge in [-0.3, -0.25) is 4.90 Å². The van der Waals surface area contributed by atoms with Gasteiger partial charge in [0.2, 0.25) is 10.0 Å². The summed E-state index contributed by atoms with van der Waals surface area (Å²) in [5, 5.41) is 4.58. The predicted molar refractivity (Wildman–Crippen MR) is 93.9 cm³/mol. The Balaban J connectivity index is 1.67. The fourth-order valence-electron chi connectivity index (χ4n) is 3.23. The Morgan fingerprint density at radius 1 is 1.35 bits per heavy atom. The van der Waals surface area contributed by atoms with Crippen molar-refractivity contribution in [3.8, 4) is 0 Å². The van der Waals surface area contributed by atoms with E-state index in [0.717, 1.165) is 5.82 Å². The zero-order chi connectivity index (χ0) is 18.3. The molecule has 1 aliphatic heterocycles. The summed E-state index contributed by atoms with van der Waals surface area (Å²) in [4.78, 5) is 13.7. The van der Waals surface area contributed by atoms with Gasteiger partial charge in [-0.1, -0.05) is 12.1 Å². The highest BCUT2D eigenvalue weighted by Crippen LogP contribution is 2.27. The van der Waals surface area contributed by atoms with Gasteiger partial charge in [0.15, 0.2) is 0 Å². The summed E-state index contributed by atoms with van der Waals surface area (Å²) in [6.07, 6.45) is 5.40. The molecule has 9 nitrogen and oxygen atoms in total. The number of aromatic amines is 1. The van der Waals surface area contributed by atoms with Crippen LogP contribution in [0.1, 0.15) is 24.5 Å². The summed E-state index contributed by atoms with van der Waals surface area (Å²) >= 11 is 0. The number of hydrogen-bond donors (Lipinski definition) is 1. The van der Waals surface area contributed by atoms with Crippen molar-refractivity contribution in [3.63, 3.8) is 0 Å². The number of likely N-dealkylation sites (N-methyl/N-ethyl adjacent to an activating group) is 1. The summed E-state index contributed by atoms with van der Waals surface area (Å²) in [7, 11) is -1.70. The number of nitrogens with zero attached hydrogens (tertiary/aromatic N) is 5. The summed E-state index contributed by atoms with van der Waals surface area (Å²) in [6.45, 7) is 3.30. The van der Waals surface area contributed by atoms with Gasteiger partial charge in [0.1, 0.15) is 10.7 Å². The molecule has 0 saturated carbocycles. The van der Waals surface area contributed by atoms with E-state index in [0.29, 0.717) is 42.8 Å². The number of sulfonamides is 1. The largest absolute Gasteiger partial charge is 0.347 e. The van der Waals surface area contributed by atoms with E-state index >= 15 is 0 Å². The quantitative estimate of drug-likeness (QED) is 0.728. The number of H-pyrrole nitrogens is 1. The van der Waals surface area contributed by atoms with Crippen molar-refractivity contribution >= 4 is 21.1 Å². The normalized spacial score (nSPS) is 20.0. The number of rotatable bonds is 4. The average Bonchev–Trinajstić information content (AvgIpc) is 3.31. The Hall–Kier alpha value is -2.30. The summed E-state index contributed by atoms with van der Waals surface area (Å²) < 4.78 is 33.0. The molecule has 1 N–H and O–H groups in total. The lowest BCUT2D eigenvalue weighted by Crippen LogP contribution is -2.49. The molecule has 26 heavy (non-hydrogen) atoms. The Morgan fingerprint density at radius 2 is 2.19 bits per heavy atom. The molecule has 3 aromatic heterocycles. The average molecular weight is 376 g/mol. The van der Waals surface area contributed by atoms with Gasteiger partial charge in [0, 0.05) is 32.0 Å². The zero-order valence-corrected chi connectivity index (χ0v) is 15.4. The molecule has 4 rings (SSSR count). The van der Waals surface area contributed by atoms with Crippen LogP contribution >= 0.6 is 0 Å². The van der Waals surface area contributed by atoms with Crippen LogP contribution in [-0.2, 0) is 16.4 Å². The first kappa shape index (κ1) is 17.1. The van der Waals surface area contributed by atoms with Crippen molar-refractivity contribution in [2.45, 2.75) is 24.3 Å². The number of imidazole rings is 1. The first-order valence-electron chi connectivity index (χ1n) is 8.44. The minimum atomic E-state index is -3.67. The van der Waals surface area contributed by atoms with Crippen LogP contribution in [0.25, 0.3) is 11.1 Å². The van der Waals surface area contributed by atoms with Crippen LogP contribution in [0.4, 0.5) is 0 Å². The minimum absolute atomic E-state index is 0.119. The molecule has 1 fully saturated rings. The third kappa shape index (κ3) is 2.79. The van der Waals surface area contributed by atoms with E-state index in [4.69, 9.17) is 4.52 Å². The molecule has 0 bridgehead atoms. The third-order valence-electron chi connectivity index (χ3n) is 4.80. The molecule has 1 atom stereocenters. The minimum Gasteiger partial charge on any atom is -0.347 e. The Morgan fingerprint density at radius 3 is 2.92 bits per heavy atom. The highest BCUT2D eigenvalue weighted by Gasteiger charge is 2.35. The van der Waals surface area contributed by atoms with Crippen molar-refractivity contribution in [1.82, 2.24) is 29.3 Å². The number of aromatic nitrogens is 4. The van der Waals surface area contributed by atoms with Gasteiger partial charge in [0.05, 0.1) is 23.3 Å². The van der Waals surface area contributed by atoms with Gasteiger partial charge in [-0.15, -0.1) is 0 Å². The molecule has 0 spiro atoms. The van der Waals surface area contributed by atoms with Crippen LogP contribution < -0.4 is 0 Å². The van der Waals surface area contributed by atoms with E-state index in [1.54, 1.807) is 18.5 Å². The maximum absolute atomic E-state index is 13.2. The predicted octanol–water partition coefficient (Wildman–Crippen LogP) is 1.19. The smallest absolute Gasteiger partial charge is 0.258 e. The van der Waals surface area contributed by atoms with Crippen LogP contribution in [0.15, 0.2) is 34.1 Å². The lowest BCUT2D eigenvalue weighted by Gasteiger charge is -2.37. The molecule has 0 aliphatic carbocycles. The van der Waals surface area contributed by atoms with Gasteiger partial charge in [-0.25, -0.2) is 18.4 Å². The summed E-state index contributed by atoms with van der Waals surface area (Å²) in [6, 6.07) is 1.49. The first-order valence-corrected chi connectivity index (χ1v) is 9.88. The molecular formula is C16H20N6O3S. The lowest BCUT2D eigenvalue weighted by atomic mass is 10.2. The van der Waals surface area contributed by atoms with Crippen LogP contribution in [0, 0.1) is 0 Å². The fourth-order valence-corrected chi connectivity index (χ4v) is 4.64. The third-order valence-corrected chi connectivity index (χ3v) is 6.63. The van der Waals surface area contributed by atoms with Crippen molar-refractivity contribution in [2.75, 3.05) is 26.7 Å².